The van der Waals surface area contributed by atoms with E-state index in [-0.39, 0.29) is 0 Å². The molecule has 0 aliphatic rings. The Hall–Kier alpha value is -1.18. The van der Waals surface area contributed by atoms with Crippen molar-refractivity contribution in [3.8, 4) is 0 Å². The Kier molecular flexibility index (Phi) is 26.0. The van der Waals surface area contributed by atoms with Crippen molar-refractivity contribution in [2.45, 2.75) is 90.9 Å². The number of rotatable bonds is 14. The van der Waals surface area contributed by atoms with E-state index < -0.39 is 0 Å². The van der Waals surface area contributed by atoms with Gasteiger partial charge in [-0.15, -0.1) is 0 Å². The van der Waals surface area contributed by atoms with Gasteiger partial charge >= 0.3 is 0 Å². The van der Waals surface area contributed by atoms with E-state index in [1.54, 1.807) is 12.2 Å². The zero-order chi connectivity index (χ0) is 16.7. The van der Waals surface area contributed by atoms with Crippen LogP contribution in [0, 0.1) is 0 Å². The Morgan fingerprint density at radius 1 is 0.545 bits per heavy atom. The Labute approximate surface area is 138 Å². The molecular formula is C20H36O2. The zero-order valence-corrected chi connectivity index (χ0v) is 14.8. The minimum absolute atomic E-state index is 0.839. The van der Waals surface area contributed by atoms with Crippen molar-refractivity contribution >= 4 is 12.6 Å². The highest BCUT2D eigenvalue weighted by Gasteiger charge is 1.86. The molecule has 0 aromatic rings. The number of unbranched alkanes of at least 4 members (excludes halogenated alkanes) is 10. The molecule has 0 amide bonds. The van der Waals surface area contributed by atoms with E-state index in [0.29, 0.717) is 0 Å². The van der Waals surface area contributed by atoms with Crippen LogP contribution in [0.15, 0.2) is 24.3 Å². The maximum absolute atomic E-state index is 9.85. The Morgan fingerprint density at radius 2 is 0.909 bits per heavy atom. The second-order valence-corrected chi connectivity index (χ2v) is 5.53. The molecule has 0 spiro atoms. The molecule has 0 fully saturated rings. The predicted molar refractivity (Wildman–Crippen MR) is 97.2 cm³/mol. The molecule has 0 aliphatic carbocycles. The summed E-state index contributed by atoms with van der Waals surface area (Å²) < 4.78 is 0. The Morgan fingerprint density at radius 3 is 1.23 bits per heavy atom. The molecule has 128 valence electrons. The molecule has 0 atom stereocenters. The molecule has 0 rings (SSSR count). The van der Waals surface area contributed by atoms with Crippen molar-refractivity contribution in [3.63, 3.8) is 0 Å². The van der Waals surface area contributed by atoms with Crippen LogP contribution < -0.4 is 0 Å². The molecule has 0 radical (unpaired) electrons. The fourth-order valence-corrected chi connectivity index (χ4v) is 2.04. The van der Waals surface area contributed by atoms with Crippen LogP contribution in [0.1, 0.15) is 90.9 Å². The monoisotopic (exact) mass is 308 g/mol. The zero-order valence-electron chi connectivity index (χ0n) is 14.8. The van der Waals surface area contributed by atoms with Gasteiger partial charge in [0.15, 0.2) is 0 Å². The first kappa shape index (κ1) is 23.1. The van der Waals surface area contributed by atoms with Gasteiger partial charge in [0, 0.05) is 0 Å². The average Bonchev–Trinajstić information content (AvgIpc) is 2.54. The standard InChI is InChI=1S/2C10H18O/c2*1-2-3-4-5-6-7-8-9-10-11/h2*8-10H,2-7H2,1H3/b9-8+;. The van der Waals surface area contributed by atoms with Crippen molar-refractivity contribution in [2.75, 3.05) is 0 Å². The number of carbonyl (C=O) groups is 2. The van der Waals surface area contributed by atoms with Gasteiger partial charge in [-0.25, -0.2) is 0 Å². The number of allylic oxidation sites excluding steroid dienone is 4. The number of carbonyl (C=O) groups excluding carboxylic acids is 2. The van der Waals surface area contributed by atoms with Crippen molar-refractivity contribution in [1.82, 2.24) is 0 Å². The van der Waals surface area contributed by atoms with Gasteiger partial charge in [-0.2, -0.15) is 0 Å². The van der Waals surface area contributed by atoms with Crippen molar-refractivity contribution in [2.24, 2.45) is 0 Å². The second kappa shape index (κ2) is 24.8. The number of hydrogen-bond acceptors (Lipinski definition) is 2. The van der Waals surface area contributed by atoms with E-state index >= 15 is 0 Å². The van der Waals surface area contributed by atoms with Crippen LogP contribution in [0.3, 0.4) is 0 Å². The van der Waals surface area contributed by atoms with Gasteiger partial charge in [0.05, 0.1) is 0 Å². The minimum Gasteiger partial charge on any atom is -0.299 e. The largest absolute Gasteiger partial charge is 0.299 e. The predicted octanol–water partition coefficient (Wildman–Crippen LogP) is 6.20. The molecule has 0 saturated heterocycles. The maximum atomic E-state index is 9.85. The molecule has 0 saturated carbocycles. The van der Waals surface area contributed by atoms with E-state index in [9.17, 15) is 9.59 Å². The molecular weight excluding hydrogens is 272 g/mol. The maximum Gasteiger partial charge on any atom is 0.142 e. The SMILES string of the molecule is CCCCCCC/C=C/C=O.CCCCCCCC=CC=O. The third-order valence-electron chi connectivity index (χ3n) is 3.38. The lowest BCUT2D eigenvalue weighted by atomic mass is 10.1. The van der Waals surface area contributed by atoms with Gasteiger partial charge in [0.2, 0.25) is 0 Å². The van der Waals surface area contributed by atoms with Crippen LogP contribution in [-0.4, -0.2) is 12.6 Å². The van der Waals surface area contributed by atoms with Crippen molar-refractivity contribution in [1.29, 1.82) is 0 Å². The fraction of sp³-hybridized carbons (Fsp3) is 0.700. The van der Waals surface area contributed by atoms with Gasteiger partial charge in [-0.05, 0) is 37.8 Å². The third-order valence-corrected chi connectivity index (χ3v) is 3.38. The van der Waals surface area contributed by atoms with Gasteiger partial charge in [-0.1, -0.05) is 77.4 Å². The quantitative estimate of drug-likeness (QED) is 0.217. The lowest BCUT2D eigenvalue weighted by Gasteiger charge is -1.94. The summed E-state index contributed by atoms with van der Waals surface area (Å²) in [5.41, 5.74) is 0. The van der Waals surface area contributed by atoms with E-state index in [1.165, 1.54) is 64.2 Å². The molecule has 2 nitrogen and oxygen atoms in total. The van der Waals surface area contributed by atoms with Crippen molar-refractivity contribution < 1.29 is 9.59 Å². The van der Waals surface area contributed by atoms with Crippen LogP contribution >= 0.6 is 0 Å². The molecule has 2 heteroatoms. The molecule has 0 aliphatic heterocycles. The molecule has 0 aromatic carbocycles. The second-order valence-electron chi connectivity index (χ2n) is 5.53. The summed E-state index contributed by atoms with van der Waals surface area (Å²) in [5.74, 6) is 0. The Bertz CT molecular complexity index is 239. The van der Waals surface area contributed by atoms with Crippen LogP contribution in [0.25, 0.3) is 0 Å². The average molecular weight is 309 g/mol. The highest BCUT2D eigenvalue weighted by molar-refractivity contribution is 5.64. The first-order chi connectivity index (χ1) is 10.8. The molecule has 0 aromatic heterocycles. The van der Waals surface area contributed by atoms with Gasteiger partial charge in [0.25, 0.3) is 0 Å². The van der Waals surface area contributed by atoms with E-state index in [0.717, 1.165) is 25.4 Å². The van der Waals surface area contributed by atoms with E-state index in [1.807, 2.05) is 12.2 Å². The summed E-state index contributed by atoms with van der Waals surface area (Å²) in [4.78, 5) is 19.7. The summed E-state index contributed by atoms with van der Waals surface area (Å²) in [6.45, 7) is 4.43. The van der Waals surface area contributed by atoms with Crippen LogP contribution in [-0.2, 0) is 9.59 Å². The van der Waals surface area contributed by atoms with Gasteiger partial charge in [0.1, 0.15) is 12.6 Å². The molecule has 22 heavy (non-hydrogen) atoms. The summed E-state index contributed by atoms with van der Waals surface area (Å²) in [5, 5.41) is 0. The van der Waals surface area contributed by atoms with Crippen molar-refractivity contribution in [3.05, 3.63) is 24.3 Å². The number of hydrogen-bond donors (Lipinski definition) is 0. The number of aldehydes is 2. The van der Waals surface area contributed by atoms with E-state index in [2.05, 4.69) is 13.8 Å². The third kappa shape index (κ3) is 27.2. The molecule has 0 heterocycles. The summed E-state index contributed by atoms with van der Waals surface area (Å²) in [6, 6.07) is 0. The van der Waals surface area contributed by atoms with Crippen LogP contribution in [0.2, 0.25) is 0 Å². The van der Waals surface area contributed by atoms with E-state index in [4.69, 9.17) is 0 Å². The normalized spacial score (nSPS) is 10.6. The van der Waals surface area contributed by atoms with Crippen LogP contribution in [0.5, 0.6) is 0 Å². The Balaban J connectivity index is 0. The lowest BCUT2D eigenvalue weighted by Crippen LogP contribution is -1.75. The van der Waals surface area contributed by atoms with Crippen LogP contribution in [0.4, 0.5) is 0 Å². The highest BCUT2D eigenvalue weighted by atomic mass is 16.1. The summed E-state index contributed by atoms with van der Waals surface area (Å²) >= 11 is 0. The highest BCUT2D eigenvalue weighted by Crippen LogP contribution is 2.05. The lowest BCUT2D eigenvalue weighted by molar-refractivity contribution is -0.104. The first-order valence-electron chi connectivity index (χ1n) is 9.04. The minimum atomic E-state index is 0.839. The fourth-order valence-electron chi connectivity index (χ4n) is 2.04. The smallest absolute Gasteiger partial charge is 0.142 e. The summed E-state index contributed by atoms with van der Waals surface area (Å²) in [7, 11) is 0. The molecule has 0 bridgehead atoms. The van der Waals surface area contributed by atoms with Gasteiger partial charge < -0.3 is 0 Å². The topological polar surface area (TPSA) is 34.1 Å². The summed E-state index contributed by atoms with van der Waals surface area (Å²) in [6.07, 6.45) is 23.9. The first-order valence-corrected chi connectivity index (χ1v) is 9.04. The molecule has 0 unspecified atom stereocenters. The molecule has 0 N–H and O–H groups in total. The van der Waals surface area contributed by atoms with Gasteiger partial charge in [-0.3, -0.25) is 9.59 Å².